The molecular weight excluding hydrogens is 238 g/mol. The third-order valence-corrected chi connectivity index (χ3v) is 4.02. The molecule has 0 bridgehead atoms. The van der Waals surface area contributed by atoms with Crippen LogP contribution in [0.5, 0.6) is 0 Å². The number of imide groups is 1. The molecule has 0 aromatic heterocycles. The molecule has 1 aliphatic heterocycles. The van der Waals surface area contributed by atoms with E-state index in [0.29, 0.717) is 19.4 Å². The molecule has 1 fully saturated rings. The van der Waals surface area contributed by atoms with Gasteiger partial charge in [-0.2, -0.15) is 0 Å². The number of likely N-dealkylation sites (tertiary alicyclic amines) is 1. The average Bonchev–Trinajstić information content (AvgIpc) is 2.65. The van der Waals surface area contributed by atoms with Gasteiger partial charge in [-0.1, -0.05) is 42.0 Å². The first-order valence-corrected chi connectivity index (χ1v) is 6.72. The van der Waals surface area contributed by atoms with E-state index in [0.717, 1.165) is 11.1 Å². The Morgan fingerprint density at radius 3 is 2.32 bits per heavy atom. The molecule has 1 heterocycles. The van der Waals surface area contributed by atoms with Crippen molar-refractivity contribution in [1.82, 2.24) is 4.90 Å². The Bertz CT molecular complexity index is 536. The van der Waals surface area contributed by atoms with Crippen molar-refractivity contribution >= 4 is 11.8 Å². The molecule has 19 heavy (non-hydrogen) atoms. The molecule has 2 atom stereocenters. The van der Waals surface area contributed by atoms with Crippen LogP contribution in [-0.4, -0.2) is 16.7 Å². The molecule has 2 amide bonds. The van der Waals surface area contributed by atoms with Crippen LogP contribution < -0.4 is 0 Å². The number of hydrogen-bond donors (Lipinski definition) is 0. The zero-order valence-corrected chi connectivity index (χ0v) is 11.0. The lowest BCUT2D eigenvalue weighted by atomic mass is 9.85. The van der Waals surface area contributed by atoms with E-state index in [4.69, 9.17) is 0 Å². The minimum absolute atomic E-state index is 0.000793. The van der Waals surface area contributed by atoms with Crippen LogP contribution in [0, 0.1) is 18.8 Å². The maximum atomic E-state index is 12.3. The number of nitrogens with zero attached hydrogens (tertiary/aromatic N) is 1. The Labute approximate surface area is 112 Å². The molecule has 1 aliphatic carbocycles. The second-order valence-corrected chi connectivity index (χ2v) is 5.41. The zero-order chi connectivity index (χ0) is 13.4. The van der Waals surface area contributed by atoms with Gasteiger partial charge >= 0.3 is 0 Å². The van der Waals surface area contributed by atoms with Gasteiger partial charge < -0.3 is 0 Å². The number of hydrogen-bond acceptors (Lipinski definition) is 2. The second-order valence-electron chi connectivity index (χ2n) is 5.41. The van der Waals surface area contributed by atoms with Crippen LogP contribution in [0.25, 0.3) is 0 Å². The second kappa shape index (κ2) is 4.65. The van der Waals surface area contributed by atoms with E-state index < -0.39 is 0 Å². The highest BCUT2D eigenvalue weighted by atomic mass is 16.2. The van der Waals surface area contributed by atoms with Crippen molar-refractivity contribution in [3.63, 3.8) is 0 Å². The van der Waals surface area contributed by atoms with E-state index in [1.54, 1.807) is 0 Å². The van der Waals surface area contributed by atoms with Gasteiger partial charge in [0.05, 0.1) is 18.4 Å². The summed E-state index contributed by atoms with van der Waals surface area (Å²) in [7, 11) is 0. The molecule has 1 aromatic rings. The molecule has 0 radical (unpaired) electrons. The van der Waals surface area contributed by atoms with Crippen molar-refractivity contribution in [3.05, 3.63) is 47.5 Å². The number of amides is 2. The Morgan fingerprint density at radius 1 is 1.11 bits per heavy atom. The summed E-state index contributed by atoms with van der Waals surface area (Å²) >= 11 is 0. The molecule has 0 saturated carbocycles. The van der Waals surface area contributed by atoms with Gasteiger partial charge in [-0.05, 0) is 25.3 Å². The quantitative estimate of drug-likeness (QED) is 0.601. The molecule has 1 aromatic carbocycles. The maximum Gasteiger partial charge on any atom is 0.233 e. The molecule has 1 saturated heterocycles. The number of allylic oxidation sites excluding steroid dienone is 2. The number of rotatable bonds is 2. The lowest BCUT2D eigenvalue weighted by Gasteiger charge is -2.15. The summed E-state index contributed by atoms with van der Waals surface area (Å²) in [4.78, 5) is 26.1. The summed E-state index contributed by atoms with van der Waals surface area (Å²) in [6, 6.07) is 7.97. The van der Waals surface area contributed by atoms with Gasteiger partial charge in [-0.15, -0.1) is 0 Å². The molecule has 3 heteroatoms. The highest BCUT2D eigenvalue weighted by Crippen LogP contribution is 2.35. The number of carbonyl (C=O) groups is 2. The van der Waals surface area contributed by atoms with E-state index in [-0.39, 0.29) is 23.7 Å². The molecule has 3 rings (SSSR count). The summed E-state index contributed by atoms with van der Waals surface area (Å²) < 4.78 is 0. The predicted molar refractivity (Wildman–Crippen MR) is 72.1 cm³/mol. The largest absolute Gasteiger partial charge is 0.278 e. The van der Waals surface area contributed by atoms with Gasteiger partial charge in [0, 0.05) is 0 Å². The first-order valence-electron chi connectivity index (χ1n) is 6.72. The third-order valence-electron chi connectivity index (χ3n) is 4.02. The van der Waals surface area contributed by atoms with E-state index in [2.05, 4.69) is 0 Å². The molecule has 0 unspecified atom stereocenters. The molecule has 98 valence electrons. The first-order chi connectivity index (χ1) is 9.16. The summed E-state index contributed by atoms with van der Waals surface area (Å²) in [5, 5.41) is 0. The number of carbonyl (C=O) groups excluding carboxylic acids is 2. The molecule has 3 nitrogen and oxygen atoms in total. The Balaban J connectivity index is 1.82. The van der Waals surface area contributed by atoms with Gasteiger partial charge in [-0.25, -0.2) is 0 Å². The topological polar surface area (TPSA) is 37.4 Å². The highest BCUT2D eigenvalue weighted by Gasteiger charge is 2.46. The summed E-state index contributed by atoms with van der Waals surface area (Å²) in [6.45, 7) is 2.42. The SMILES string of the molecule is Cc1cccc(CN2C(=O)[C@@H]3CC=CC[C@H]3C2=O)c1. The van der Waals surface area contributed by atoms with Gasteiger partial charge in [0.15, 0.2) is 0 Å². The lowest BCUT2D eigenvalue weighted by molar-refractivity contribution is -0.140. The summed E-state index contributed by atoms with van der Waals surface area (Å²) in [6.07, 6.45) is 5.45. The van der Waals surface area contributed by atoms with Crippen molar-refractivity contribution in [3.8, 4) is 0 Å². The van der Waals surface area contributed by atoms with E-state index in [9.17, 15) is 9.59 Å². The fourth-order valence-corrected chi connectivity index (χ4v) is 3.02. The van der Waals surface area contributed by atoms with Crippen LogP contribution in [-0.2, 0) is 16.1 Å². The van der Waals surface area contributed by atoms with Crippen LogP contribution in [0.15, 0.2) is 36.4 Å². The Hall–Kier alpha value is -1.90. The smallest absolute Gasteiger partial charge is 0.233 e. The third kappa shape index (κ3) is 2.09. The summed E-state index contributed by atoms with van der Waals surface area (Å²) in [5.41, 5.74) is 2.17. The minimum atomic E-state index is -0.123. The molecule has 0 spiro atoms. The maximum absolute atomic E-state index is 12.3. The van der Waals surface area contributed by atoms with E-state index in [1.807, 2.05) is 43.3 Å². The Morgan fingerprint density at radius 2 is 1.74 bits per heavy atom. The fraction of sp³-hybridized carbons (Fsp3) is 0.375. The van der Waals surface area contributed by atoms with Crippen LogP contribution in [0.2, 0.25) is 0 Å². The Kier molecular flexibility index (Phi) is 2.97. The normalized spacial score (nSPS) is 25.8. The zero-order valence-electron chi connectivity index (χ0n) is 11.0. The van der Waals surface area contributed by atoms with E-state index in [1.165, 1.54) is 4.90 Å². The van der Waals surface area contributed by atoms with Crippen molar-refractivity contribution in [2.45, 2.75) is 26.3 Å². The van der Waals surface area contributed by atoms with Crippen LogP contribution in [0.3, 0.4) is 0 Å². The molecule has 0 N–H and O–H groups in total. The summed E-state index contributed by atoms with van der Waals surface area (Å²) in [5.74, 6) is -0.244. The predicted octanol–water partition coefficient (Wildman–Crippen LogP) is 2.45. The van der Waals surface area contributed by atoms with Crippen LogP contribution >= 0.6 is 0 Å². The van der Waals surface area contributed by atoms with Gasteiger partial charge in [0.1, 0.15) is 0 Å². The standard InChI is InChI=1S/C16H17NO2/c1-11-5-4-6-12(9-11)10-17-15(18)13-7-2-3-8-14(13)16(17)19/h2-6,9,13-14H,7-8,10H2,1H3/t13-,14-/m1/s1. The molecular formula is C16H17NO2. The van der Waals surface area contributed by atoms with Crippen LogP contribution in [0.1, 0.15) is 24.0 Å². The lowest BCUT2D eigenvalue weighted by Crippen LogP contribution is -2.30. The molecule has 2 aliphatic rings. The van der Waals surface area contributed by atoms with Gasteiger partial charge in [0.2, 0.25) is 11.8 Å². The van der Waals surface area contributed by atoms with Crippen LogP contribution in [0.4, 0.5) is 0 Å². The first kappa shape index (κ1) is 12.2. The van der Waals surface area contributed by atoms with Gasteiger partial charge in [-0.3, -0.25) is 14.5 Å². The number of aryl methyl sites for hydroxylation is 1. The van der Waals surface area contributed by atoms with E-state index >= 15 is 0 Å². The highest BCUT2D eigenvalue weighted by molar-refractivity contribution is 6.05. The minimum Gasteiger partial charge on any atom is -0.278 e. The van der Waals surface area contributed by atoms with Crippen molar-refractivity contribution in [2.75, 3.05) is 0 Å². The van der Waals surface area contributed by atoms with Crippen molar-refractivity contribution < 1.29 is 9.59 Å². The number of benzene rings is 1. The average molecular weight is 255 g/mol. The van der Waals surface area contributed by atoms with Gasteiger partial charge in [0.25, 0.3) is 0 Å². The fourth-order valence-electron chi connectivity index (χ4n) is 3.02. The van der Waals surface area contributed by atoms with Crippen molar-refractivity contribution in [2.24, 2.45) is 11.8 Å². The monoisotopic (exact) mass is 255 g/mol. The van der Waals surface area contributed by atoms with Crippen molar-refractivity contribution in [1.29, 1.82) is 0 Å². The number of fused-ring (bicyclic) bond motifs is 1.